The zero-order chi connectivity index (χ0) is 16.0. The van der Waals surface area contributed by atoms with Crippen LogP contribution in [-0.2, 0) is 0 Å². The summed E-state index contributed by atoms with van der Waals surface area (Å²) in [6.45, 7) is 9.74. The number of allylic oxidation sites excluding steroid dienone is 1. The second-order valence-electron chi connectivity index (χ2n) is 5.87. The maximum atomic E-state index is 10.3. The molecule has 116 valence electrons. The smallest absolute Gasteiger partial charge is 0.127 e. The van der Waals surface area contributed by atoms with E-state index in [0.29, 0.717) is 11.1 Å². The van der Waals surface area contributed by atoms with Gasteiger partial charge in [0.2, 0.25) is 0 Å². The van der Waals surface area contributed by atoms with Crippen molar-refractivity contribution in [3.8, 4) is 11.5 Å². The van der Waals surface area contributed by atoms with Crippen molar-refractivity contribution in [2.24, 2.45) is 0 Å². The summed E-state index contributed by atoms with van der Waals surface area (Å²) in [5.74, 6) is 0.507. The van der Waals surface area contributed by atoms with E-state index in [4.69, 9.17) is 0 Å². The highest BCUT2D eigenvalue weighted by Gasteiger charge is 2.14. The second-order valence-corrected chi connectivity index (χ2v) is 5.87. The number of phenols is 2. The average molecular weight is 288 g/mol. The molecular weight excluding hydrogens is 260 g/mol. The standard InChI is InChI=1S/C19H28O2/c1-6-7-8-9-10-13(2)11-12-17-16(5)18(20)14(3)15(4)19(17)21/h12,20-21H,6-10H2,1-5H3. The van der Waals surface area contributed by atoms with Crippen molar-refractivity contribution in [1.82, 2.24) is 0 Å². The van der Waals surface area contributed by atoms with Gasteiger partial charge in [-0.25, -0.2) is 0 Å². The van der Waals surface area contributed by atoms with E-state index in [9.17, 15) is 10.2 Å². The minimum absolute atomic E-state index is 0.245. The summed E-state index contributed by atoms with van der Waals surface area (Å²) in [6, 6.07) is 0. The van der Waals surface area contributed by atoms with Crippen molar-refractivity contribution in [2.45, 2.75) is 66.7 Å². The Balaban J connectivity index is 2.99. The molecule has 0 spiro atoms. The number of phenolic OH excluding ortho intramolecular Hbond substituents is 2. The van der Waals surface area contributed by atoms with Gasteiger partial charge in [-0.05, 0) is 63.3 Å². The van der Waals surface area contributed by atoms with E-state index >= 15 is 0 Å². The maximum Gasteiger partial charge on any atom is 0.127 e. The molecule has 0 aliphatic rings. The summed E-state index contributed by atoms with van der Waals surface area (Å²) in [7, 11) is 0. The highest BCUT2D eigenvalue weighted by Crippen LogP contribution is 2.36. The third-order valence-corrected chi connectivity index (χ3v) is 4.16. The van der Waals surface area contributed by atoms with Crippen LogP contribution in [-0.4, -0.2) is 10.2 Å². The molecule has 0 heterocycles. The Morgan fingerprint density at radius 3 is 2.19 bits per heavy atom. The van der Waals surface area contributed by atoms with Crippen molar-refractivity contribution >= 4 is 6.08 Å². The third kappa shape index (κ3) is 4.41. The molecule has 0 saturated carbocycles. The van der Waals surface area contributed by atoms with Crippen molar-refractivity contribution in [1.29, 1.82) is 0 Å². The van der Waals surface area contributed by atoms with E-state index in [-0.39, 0.29) is 11.5 Å². The molecule has 1 aromatic rings. The monoisotopic (exact) mass is 288 g/mol. The van der Waals surface area contributed by atoms with E-state index in [1.165, 1.54) is 31.3 Å². The molecule has 0 aromatic heterocycles. The number of hydrogen-bond acceptors (Lipinski definition) is 2. The van der Waals surface area contributed by atoms with Gasteiger partial charge in [0.25, 0.3) is 0 Å². The molecule has 0 saturated heterocycles. The van der Waals surface area contributed by atoms with Gasteiger partial charge in [-0.15, -0.1) is 5.73 Å². The molecule has 2 N–H and O–H groups in total. The van der Waals surface area contributed by atoms with Gasteiger partial charge in [0.15, 0.2) is 0 Å². The molecule has 2 nitrogen and oxygen atoms in total. The predicted molar refractivity (Wildman–Crippen MR) is 89.9 cm³/mol. The molecule has 0 atom stereocenters. The minimum atomic E-state index is 0.245. The molecule has 0 bridgehead atoms. The van der Waals surface area contributed by atoms with Crippen LogP contribution >= 0.6 is 0 Å². The lowest BCUT2D eigenvalue weighted by molar-refractivity contribution is 0.448. The fourth-order valence-corrected chi connectivity index (χ4v) is 2.40. The van der Waals surface area contributed by atoms with Gasteiger partial charge < -0.3 is 10.2 Å². The Labute approximate surface area is 128 Å². The second kappa shape index (κ2) is 7.95. The van der Waals surface area contributed by atoms with Gasteiger partial charge in [0.05, 0.1) is 0 Å². The van der Waals surface area contributed by atoms with Crippen LogP contribution in [0, 0.1) is 20.8 Å². The van der Waals surface area contributed by atoms with Crippen LogP contribution in [0.4, 0.5) is 0 Å². The third-order valence-electron chi connectivity index (χ3n) is 4.16. The van der Waals surface area contributed by atoms with E-state index < -0.39 is 0 Å². The van der Waals surface area contributed by atoms with Gasteiger partial charge in [0.1, 0.15) is 11.5 Å². The summed E-state index contributed by atoms with van der Waals surface area (Å²) in [4.78, 5) is 0. The van der Waals surface area contributed by atoms with Gasteiger partial charge in [-0.2, -0.15) is 0 Å². The first-order valence-electron chi connectivity index (χ1n) is 7.84. The summed E-state index contributed by atoms with van der Waals surface area (Å²) >= 11 is 0. The first-order chi connectivity index (χ1) is 9.90. The lowest BCUT2D eigenvalue weighted by Crippen LogP contribution is -1.91. The Bertz CT molecular complexity index is 532. The van der Waals surface area contributed by atoms with Crippen LogP contribution < -0.4 is 0 Å². The quantitative estimate of drug-likeness (QED) is 0.409. The van der Waals surface area contributed by atoms with Crippen molar-refractivity contribution in [2.75, 3.05) is 0 Å². The van der Waals surface area contributed by atoms with Crippen LogP contribution in [0.25, 0.3) is 6.08 Å². The molecule has 0 amide bonds. The van der Waals surface area contributed by atoms with Crippen LogP contribution in [0.2, 0.25) is 0 Å². The Kier molecular flexibility index (Phi) is 6.58. The number of unbranched alkanes of at least 4 members (excludes halogenated alkanes) is 3. The van der Waals surface area contributed by atoms with E-state index in [2.05, 4.69) is 19.6 Å². The molecule has 1 aromatic carbocycles. The molecule has 0 fully saturated rings. The molecule has 0 aliphatic heterocycles. The predicted octanol–water partition coefficient (Wildman–Crippen LogP) is 5.55. The molecule has 0 unspecified atom stereocenters. The van der Waals surface area contributed by atoms with Crippen molar-refractivity contribution in [3.63, 3.8) is 0 Å². The van der Waals surface area contributed by atoms with Crippen LogP contribution in [0.3, 0.4) is 0 Å². The molecular formula is C19H28O2. The topological polar surface area (TPSA) is 40.5 Å². The summed E-state index contributed by atoms with van der Waals surface area (Å²) < 4.78 is 0. The van der Waals surface area contributed by atoms with E-state index in [1.54, 1.807) is 6.08 Å². The van der Waals surface area contributed by atoms with Crippen LogP contribution in [0.5, 0.6) is 11.5 Å². The summed E-state index contributed by atoms with van der Waals surface area (Å²) in [6.07, 6.45) is 7.79. The summed E-state index contributed by atoms with van der Waals surface area (Å²) in [5, 5.41) is 20.3. The first-order valence-corrected chi connectivity index (χ1v) is 7.84. The lowest BCUT2D eigenvalue weighted by atomic mass is 9.97. The minimum Gasteiger partial charge on any atom is -0.507 e. The van der Waals surface area contributed by atoms with Gasteiger partial charge >= 0.3 is 0 Å². The number of rotatable bonds is 6. The Morgan fingerprint density at radius 1 is 0.952 bits per heavy atom. The number of aromatic hydroxyl groups is 2. The van der Waals surface area contributed by atoms with Gasteiger partial charge in [-0.1, -0.05) is 26.2 Å². The number of benzene rings is 1. The highest BCUT2D eigenvalue weighted by molar-refractivity contribution is 5.68. The molecule has 21 heavy (non-hydrogen) atoms. The Morgan fingerprint density at radius 2 is 1.57 bits per heavy atom. The van der Waals surface area contributed by atoms with Gasteiger partial charge in [-0.3, -0.25) is 0 Å². The van der Waals surface area contributed by atoms with Gasteiger partial charge in [0, 0.05) is 11.1 Å². The van der Waals surface area contributed by atoms with Crippen LogP contribution in [0.15, 0.2) is 11.3 Å². The van der Waals surface area contributed by atoms with Crippen molar-refractivity contribution < 1.29 is 10.2 Å². The van der Waals surface area contributed by atoms with Crippen molar-refractivity contribution in [3.05, 3.63) is 33.6 Å². The maximum absolute atomic E-state index is 10.3. The molecule has 0 aliphatic carbocycles. The average Bonchev–Trinajstić information content (AvgIpc) is 2.47. The molecule has 2 heteroatoms. The lowest BCUT2D eigenvalue weighted by Gasteiger charge is -2.12. The molecule has 1 rings (SSSR count). The van der Waals surface area contributed by atoms with Crippen LogP contribution in [0.1, 0.15) is 68.2 Å². The van der Waals surface area contributed by atoms with E-state index in [0.717, 1.165) is 17.5 Å². The van der Waals surface area contributed by atoms with E-state index in [1.807, 2.05) is 20.8 Å². The molecule has 0 radical (unpaired) electrons. The fourth-order valence-electron chi connectivity index (χ4n) is 2.40. The Hall–Kier alpha value is -1.66. The normalized spacial score (nSPS) is 10.3. The SMILES string of the molecule is CCCCCCC(C)=C=Cc1c(C)c(O)c(C)c(C)c1O. The zero-order valence-electron chi connectivity index (χ0n) is 14.0. The largest absolute Gasteiger partial charge is 0.507 e. The first kappa shape index (κ1) is 17.4. The number of hydrogen-bond donors (Lipinski definition) is 2. The fraction of sp³-hybridized carbons (Fsp3) is 0.526. The zero-order valence-corrected chi connectivity index (χ0v) is 14.0. The highest BCUT2D eigenvalue weighted by atomic mass is 16.3. The summed E-state index contributed by atoms with van der Waals surface area (Å²) in [5.41, 5.74) is 7.28.